The van der Waals surface area contributed by atoms with E-state index in [1.54, 1.807) is 18.0 Å². The molecule has 0 aliphatic carbocycles. The minimum absolute atomic E-state index is 0.0345. The van der Waals surface area contributed by atoms with Crippen LogP contribution in [0.4, 0.5) is 4.39 Å². The van der Waals surface area contributed by atoms with Gasteiger partial charge in [0.2, 0.25) is 5.91 Å². The van der Waals surface area contributed by atoms with Crippen LogP contribution in [0.2, 0.25) is 0 Å². The van der Waals surface area contributed by atoms with Gasteiger partial charge >= 0.3 is 0 Å². The zero-order valence-corrected chi connectivity index (χ0v) is 11.5. The van der Waals surface area contributed by atoms with Crippen LogP contribution in [0.25, 0.3) is 0 Å². The van der Waals surface area contributed by atoms with Crippen molar-refractivity contribution in [1.82, 2.24) is 10.2 Å². The Morgan fingerprint density at radius 3 is 3.00 bits per heavy atom. The Morgan fingerprint density at radius 2 is 2.32 bits per heavy atom. The molecule has 1 saturated heterocycles. The Bertz CT molecular complexity index is 450. The lowest BCUT2D eigenvalue weighted by Gasteiger charge is -2.32. The van der Waals surface area contributed by atoms with Crippen molar-refractivity contribution in [2.75, 3.05) is 13.6 Å². The quantitative estimate of drug-likeness (QED) is 0.907. The van der Waals surface area contributed by atoms with Crippen molar-refractivity contribution in [1.29, 1.82) is 0 Å². The monoisotopic (exact) mass is 264 g/mol. The molecule has 0 spiro atoms. The second-order valence-corrected chi connectivity index (χ2v) is 5.32. The molecule has 1 aromatic carbocycles. The highest BCUT2D eigenvalue weighted by atomic mass is 19.1. The van der Waals surface area contributed by atoms with E-state index in [4.69, 9.17) is 0 Å². The average Bonchev–Trinajstić information content (AvgIpc) is 2.38. The normalized spacial score (nSPS) is 23.1. The second kappa shape index (κ2) is 6.15. The summed E-state index contributed by atoms with van der Waals surface area (Å²) in [7, 11) is 1.79. The topological polar surface area (TPSA) is 32.3 Å². The first-order valence-electron chi connectivity index (χ1n) is 6.80. The number of nitrogens with zero attached hydrogens (tertiary/aromatic N) is 1. The number of piperidine rings is 1. The van der Waals surface area contributed by atoms with Crippen LogP contribution in [0.3, 0.4) is 0 Å². The zero-order chi connectivity index (χ0) is 13.8. The third-order valence-corrected chi connectivity index (χ3v) is 3.76. The summed E-state index contributed by atoms with van der Waals surface area (Å²) in [6.07, 6.45) is 1.97. The van der Waals surface area contributed by atoms with Crippen molar-refractivity contribution in [3.05, 3.63) is 35.6 Å². The van der Waals surface area contributed by atoms with Gasteiger partial charge in [-0.25, -0.2) is 4.39 Å². The van der Waals surface area contributed by atoms with Crippen LogP contribution >= 0.6 is 0 Å². The third kappa shape index (κ3) is 3.53. The van der Waals surface area contributed by atoms with Crippen LogP contribution in [0.15, 0.2) is 24.3 Å². The summed E-state index contributed by atoms with van der Waals surface area (Å²) in [6.45, 7) is 3.50. The number of hydrogen-bond acceptors (Lipinski definition) is 2. The summed E-state index contributed by atoms with van der Waals surface area (Å²) in [4.78, 5) is 14.1. The molecule has 2 unspecified atom stereocenters. The second-order valence-electron chi connectivity index (χ2n) is 5.32. The molecule has 2 atom stereocenters. The molecule has 19 heavy (non-hydrogen) atoms. The van der Waals surface area contributed by atoms with Gasteiger partial charge in [-0.05, 0) is 44.0 Å². The van der Waals surface area contributed by atoms with Gasteiger partial charge in [-0.3, -0.25) is 4.79 Å². The van der Waals surface area contributed by atoms with Gasteiger partial charge < -0.3 is 10.2 Å². The summed E-state index contributed by atoms with van der Waals surface area (Å²) in [5.74, 6) is -0.0812. The lowest BCUT2D eigenvalue weighted by Crippen LogP contribution is -2.47. The predicted molar refractivity (Wildman–Crippen MR) is 73.1 cm³/mol. The summed E-state index contributed by atoms with van der Waals surface area (Å²) in [5.41, 5.74) is 0.826. The van der Waals surface area contributed by atoms with Crippen LogP contribution in [-0.2, 0) is 11.3 Å². The highest BCUT2D eigenvalue weighted by Gasteiger charge is 2.29. The van der Waals surface area contributed by atoms with Gasteiger partial charge in [-0.15, -0.1) is 0 Å². The van der Waals surface area contributed by atoms with Crippen LogP contribution in [-0.4, -0.2) is 30.4 Å². The van der Waals surface area contributed by atoms with Gasteiger partial charge in [0.15, 0.2) is 0 Å². The largest absolute Gasteiger partial charge is 0.341 e. The van der Waals surface area contributed by atoms with E-state index in [-0.39, 0.29) is 23.7 Å². The molecule has 1 amide bonds. The van der Waals surface area contributed by atoms with Gasteiger partial charge in [0, 0.05) is 19.6 Å². The van der Waals surface area contributed by atoms with E-state index in [1.807, 2.05) is 6.07 Å². The fourth-order valence-corrected chi connectivity index (χ4v) is 2.65. The molecule has 3 nitrogen and oxygen atoms in total. The number of benzene rings is 1. The highest BCUT2D eigenvalue weighted by Crippen LogP contribution is 2.19. The first-order chi connectivity index (χ1) is 9.08. The van der Waals surface area contributed by atoms with E-state index in [0.29, 0.717) is 6.54 Å². The molecule has 1 aliphatic heterocycles. The van der Waals surface area contributed by atoms with Crippen molar-refractivity contribution in [3.8, 4) is 0 Å². The molecular formula is C15H21FN2O. The Kier molecular flexibility index (Phi) is 4.53. The summed E-state index contributed by atoms with van der Waals surface area (Å²) < 4.78 is 13.1. The fraction of sp³-hybridized carbons (Fsp3) is 0.533. The van der Waals surface area contributed by atoms with E-state index in [9.17, 15) is 9.18 Å². The van der Waals surface area contributed by atoms with Gasteiger partial charge in [0.25, 0.3) is 0 Å². The standard InChI is InChI=1S/C15H21FN2O/c1-11-14(7-4-8-17-11)15(19)18(2)10-12-5-3-6-13(16)9-12/h3,5-6,9,11,14,17H,4,7-8,10H2,1-2H3. The average molecular weight is 264 g/mol. The Hall–Kier alpha value is -1.42. The number of hydrogen-bond donors (Lipinski definition) is 1. The molecule has 104 valence electrons. The van der Waals surface area contributed by atoms with Crippen LogP contribution in [0.1, 0.15) is 25.3 Å². The number of nitrogens with one attached hydrogen (secondary N) is 1. The molecular weight excluding hydrogens is 243 g/mol. The molecule has 0 aromatic heterocycles. The smallest absolute Gasteiger partial charge is 0.227 e. The van der Waals surface area contributed by atoms with Crippen LogP contribution in [0, 0.1) is 11.7 Å². The maximum atomic E-state index is 13.1. The molecule has 2 rings (SSSR count). The maximum Gasteiger partial charge on any atom is 0.227 e. The van der Waals surface area contributed by atoms with E-state index >= 15 is 0 Å². The van der Waals surface area contributed by atoms with Gasteiger partial charge in [0.1, 0.15) is 5.82 Å². The van der Waals surface area contributed by atoms with Crippen molar-refractivity contribution in [2.45, 2.75) is 32.4 Å². The maximum absolute atomic E-state index is 13.1. The van der Waals surface area contributed by atoms with Crippen LogP contribution < -0.4 is 5.32 Å². The van der Waals surface area contributed by atoms with E-state index < -0.39 is 0 Å². The van der Waals surface area contributed by atoms with Gasteiger partial charge in [-0.2, -0.15) is 0 Å². The molecule has 1 aliphatic rings. The van der Waals surface area contributed by atoms with E-state index in [1.165, 1.54) is 12.1 Å². The summed E-state index contributed by atoms with van der Waals surface area (Å²) in [6, 6.07) is 6.63. The first-order valence-corrected chi connectivity index (χ1v) is 6.80. The van der Waals surface area contributed by atoms with Crippen molar-refractivity contribution >= 4 is 5.91 Å². The predicted octanol–water partition coefficient (Wildman–Crippen LogP) is 2.17. The Balaban J connectivity index is 1.99. The highest BCUT2D eigenvalue weighted by molar-refractivity contribution is 5.79. The third-order valence-electron chi connectivity index (χ3n) is 3.76. The molecule has 0 saturated carbocycles. The SMILES string of the molecule is CC1NCCCC1C(=O)N(C)Cc1cccc(F)c1. The van der Waals surface area contributed by atoms with Crippen LogP contribution in [0.5, 0.6) is 0 Å². The van der Waals surface area contributed by atoms with Gasteiger partial charge in [-0.1, -0.05) is 12.1 Å². The number of carbonyl (C=O) groups is 1. The molecule has 1 heterocycles. The minimum Gasteiger partial charge on any atom is -0.341 e. The van der Waals surface area contributed by atoms with E-state index in [2.05, 4.69) is 12.2 Å². The molecule has 0 bridgehead atoms. The molecule has 0 radical (unpaired) electrons. The minimum atomic E-state index is -0.258. The van der Waals surface area contributed by atoms with Crippen molar-refractivity contribution < 1.29 is 9.18 Å². The molecule has 1 fully saturated rings. The number of amides is 1. The number of rotatable bonds is 3. The zero-order valence-electron chi connectivity index (χ0n) is 11.5. The summed E-state index contributed by atoms with van der Waals surface area (Å²) in [5, 5.41) is 3.33. The lowest BCUT2D eigenvalue weighted by molar-refractivity contribution is -0.136. The fourth-order valence-electron chi connectivity index (χ4n) is 2.65. The molecule has 1 aromatic rings. The first kappa shape index (κ1) is 14.0. The molecule has 1 N–H and O–H groups in total. The Labute approximate surface area is 113 Å². The number of halogens is 1. The Morgan fingerprint density at radius 1 is 1.53 bits per heavy atom. The van der Waals surface area contributed by atoms with Crippen molar-refractivity contribution in [2.24, 2.45) is 5.92 Å². The number of carbonyl (C=O) groups excluding carboxylic acids is 1. The lowest BCUT2D eigenvalue weighted by atomic mass is 9.90. The summed E-state index contributed by atoms with van der Waals surface area (Å²) >= 11 is 0. The van der Waals surface area contributed by atoms with Gasteiger partial charge in [0.05, 0.1) is 5.92 Å². The van der Waals surface area contributed by atoms with Crippen molar-refractivity contribution in [3.63, 3.8) is 0 Å². The van der Waals surface area contributed by atoms with E-state index in [0.717, 1.165) is 24.9 Å². The molecule has 4 heteroatoms.